The number of carbonyl (C=O) groups excluding carboxylic acids is 1. The molecule has 0 saturated carbocycles. The summed E-state index contributed by atoms with van der Waals surface area (Å²) in [4.78, 5) is 13.7. The molecular formula is C10H17FN2O. The Hall–Kier alpha value is -0.640. The topological polar surface area (TPSA) is 32.3 Å². The average molecular weight is 200 g/mol. The third-order valence-corrected chi connectivity index (χ3v) is 3.09. The van der Waals surface area contributed by atoms with E-state index in [2.05, 4.69) is 5.32 Å². The highest BCUT2D eigenvalue weighted by molar-refractivity contribution is 5.82. The van der Waals surface area contributed by atoms with Gasteiger partial charge in [0, 0.05) is 13.1 Å². The zero-order valence-corrected chi connectivity index (χ0v) is 8.34. The fourth-order valence-corrected chi connectivity index (χ4v) is 2.18. The van der Waals surface area contributed by atoms with Gasteiger partial charge in [-0.25, -0.2) is 4.39 Å². The van der Waals surface area contributed by atoms with Crippen LogP contribution in [0, 0.1) is 0 Å². The highest BCUT2D eigenvalue weighted by Crippen LogP contribution is 2.16. The normalized spacial score (nSPS) is 29.5. The fourth-order valence-electron chi connectivity index (χ4n) is 2.18. The number of carbonyl (C=O) groups is 1. The van der Waals surface area contributed by atoms with Crippen LogP contribution in [0.15, 0.2) is 0 Å². The monoisotopic (exact) mass is 200 g/mol. The Labute approximate surface area is 83.6 Å². The van der Waals surface area contributed by atoms with Crippen LogP contribution in [0.5, 0.6) is 0 Å². The number of likely N-dealkylation sites (tertiary alicyclic amines) is 1. The maximum atomic E-state index is 12.8. The van der Waals surface area contributed by atoms with Gasteiger partial charge in [0.1, 0.15) is 6.17 Å². The zero-order chi connectivity index (χ0) is 9.97. The molecule has 0 aromatic carbocycles. The minimum absolute atomic E-state index is 0.00570. The highest BCUT2D eigenvalue weighted by atomic mass is 19.1. The lowest BCUT2D eigenvalue weighted by atomic mass is 10.1. The second-order valence-electron chi connectivity index (χ2n) is 4.15. The molecule has 1 amide bonds. The van der Waals surface area contributed by atoms with Gasteiger partial charge in [0.2, 0.25) is 5.91 Å². The van der Waals surface area contributed by atoms with Crippen molar-refractivity contribution in [1.29, 1.82) is 0 Å². The number of halogens is 1. The molecule has 2 aliphatic heterocycles. The van der Waals surface area contributed by atoms with E-state index in [-0.39, 0.29) is 11.9 Å². The smallest absolute Gasteiger partial charge is 0.239 e. The second-order valence-corrected chi connectivity index (χ2v) is 4.15. The molecule has 0 aliphatic carbocycles. The molecule has 1 atom stereocenters. The van der Waals surface area contributed by atoms with E-state index in [1.165, 1.54) is 0 Å². The molecule has 4 heteroatoms. The van der Waals surface area contributed by atoms with Crippen molar-refractivity contribution in [2.24, 2.45) is 0 Å². The first-order chi connectivity index (χ1) is 6.77. The van der Waals surface area contributed by atoms with Gasteiger partial charge in [-0.05, 0) is 32.2 Å². The Morgan fingerprint density at radius 2 is 2.00 bits per heavy atom. The molecule has 3 nitrogen and oxygen atoms in total. The highest BCUT2D eigenvalue weighted by Gasteiger charge is 2.29. The van der Waals surface area contributed by atoms with E-state index in [1.54, 1.807) is 4.90 Å². The van der Waals surface area contributed by atoms with Crippen LogP contribution in [0.4, 0.5) is 4.39 Å². The number of rotatable bonds is 1. The molecule has 0 radical (unpaired) electrons. The summed E-state index contributed by atoms with van der Waals surface area (Å²) in [5.74, 6) is 0.175. The van der Waals surface area contributed by atoms with E-state index in [4.69, 9.17) is 0 Å². The number of hydrogen-bond acceptors (Lipinski definition) is 2. The molecule has 0 aromatic rings. The summed E-state index contributed by atoms with van der Waals surface area (Å²) in [6, 6.07) is 0.00570. The van der Waals surface area contributed by atoms with Crippen LogP contribution < -0.4 is 5.32 Å². The van der Waals surface area contributed by atoms with Gasteiger partial charge < -0.3 is 10.2 Å². The van der Waals surface area contributed by atoms with Gasteiger partial charge in [-0.15, -0.1) is 0 Å². The van der Waals surface area contributed by atoms with Crippen molar-refractivity contribution < 1.29 is 9.18 Å². The lowest BCUT2D eigenvalue weighted by Crippen LogP contribution is -2.47. The predicted molar refractivity (Wildman–Crippen MR) is 51.7 cm³/mol. The molecule has 2 fully saturated rings. The third-order valence-electron chi connectivity index (χ3n) is 3.09. The summed E-state index contributed by atoms with van der Waals surface area (Å²) in [5.41, 5.74) is 0. The predicted octanol–water partition coefficient (Wildman–Crippen LogP) is 0.699. The van der Waals surface area contributed by atoms with Gasteiger partial charge in [0.05, 0.1) is 6.04 Å². The molecule has 1 N–H and O–H groups in total. The van der Waals surface area contributed by atoms with E-state index >= 15 is 0 Å². The summed E-state index contributed by atoms with van der Waals surface area (Å²) in [7, 11) is 0. The van der Waals surface area contributed by atoms with Gasteiger partial charge in [-0.3, -0.25) is 4.79 Å². The number of nitrogens with zero attached hydrogens (tertiary/aromatic N) is 1. The third kappa shape index (κ3) is 2.05. The van der Waals surface area contributed by atoms with Gasteiger partial charge in [-0.2, -0.15) is 0 Å². The van der Waals surface area contributed by atoms with Crippen LogP contribution >= 0.6 is 0 Å². The molecule has 0 spiro atoms. The summed E-state index contributed by atoms with van der Waals surface area (Å²) >= 11 is 0. The first kappa shape index (κ1) is 9.90. The lowest BCUT2D eigenvalue weighted by Gasteiger charge is -2.30. The first-order valence-corrected chi connectivity index (χ1v) is 5.43. The van der Waals surface area contributed by atoms with E-state index < -0.39 is 6.17 Å². The van der Waals surface area contributed by atoms with E-state index in [0.717, 1.165) is 19.4 Å². The minimum atomic E-state index is -0.699. The van der Waals surface area contributed by atoms with Crippen molar-refractivity contribution in [3.63, 3.8) is 0 Å². The molecule has 1 unspecified atom stereocenters. The van der Waals surface area contributed by atoms with Crippen molar-refractivity contribution in [1.82, 2.24) is 10.2 Å². The first-order valence-electron chi connectivity index (χ1n) is 5.43. The molecule has 14 heavy (non-hydrogen) atoms. The lowest BCUT2D eigenvalue weighted by molar-refractivity contribution is -0.134. The number of amides is 1. The number of alkyl halides is 1. The second kappa shape index (κ2) is 4.26. The molecule has 2 rings (SSSR count). The summed E-state index contributed by atoms with van der Waals surface area (Å²) in [6.45, 7) is 2.13. The Morgan fingerprint density at radius 3 is 2.57 bits per heavy atom. The molecule has 2 heterocycles. The van der Waals surface area contributed by atoms with Crippen LogP contribution in [0.25, 0.3) is 0 Å². The molecule has 2 saturated heterocycles. The van der Waals surface area contributed by atoms with E-state index in [9.17, 15) is 9.18 Å². The van der Waals surface area contributed by atoms with E-state index in [0.29, 0.717) is 25.9 Å². The Balaban J connectivity index is 1.85. The summed E-state index contributed by atoms with van der Waals surface area (Å²) in [5, 5.41) is 3.18. The molecular weight excluding hydrogens is 183 g/mol. The van der Waals surface area contributed by atoms with Crippen molar-refractivity contribution in [2.45, 2.75) is 37.9 Å². The Morgan fingerprint density at radius 1 is 1.29 bits per heavy atom. The number of piperidine rings is 1. The average Bonchev–Trinajstić information content (AvgIpc) is 2.71. The maximum Gasteiger partial charge on any atom is 0.239 e. The SMILES string of the molecule is O=C(C1CCCN1)N1CCC(F)CC1. The largest absolute Gasteiger partial charge is 0.341 e. The van der Waals surface area contributed by atoms with Gasteiger partial charge >= 0.3 is 0 Å². The van der Waals surface area contributed by atoms with Crippen LogP contribution in [0.3, 0.4) is 0 Å². The Bertz CT molecular complexity index is 208. The number of hydrogen-bond donors (Lipinski definition) is 1. The van der Waals surface area contributed by atoms with Gasteiger partial charge in [-0.1, -0.05) is 0 Å². The van der Waals surface area contributed by atoms with Crippen LogP contribution in [0.2, 0.25) is 0 Å². The van der Waals surface area contributed by atoms with Crippen molar-refractivity contribution >= 4 is 5.91 Å². The number of nitrogens with one attached hydrogen (secondary N) is 1. The quantitative estimate of drug-likeness (QED) is 0.675. The van der Waals surface area contributed by atoms with Crippen molar-refractivity contribution in [3.8, 4) is 0 Å². The minimum Gasteiger partial charge on any atom is -0.341 e. The molecule has 2 aliphatic rings. The molecule has 0 aromatic heterocycles. The summed E-state index contributed by atoms with van der Waals surface area (Å²) in [6.07, 6.45) is 2.34. The van der Waals surface area contributed by atoms with Gasteiger partial charge in [0.15, 0.2) is 0 Å². The van der Waals surface area contributed by atoms with Gasteiger partial charge in [0.25, 0.3) is 0 Å². The van der Waals surface area contributed by atoms with Crippen molar-refractivity contribution in [2.75, 3.05) is 19.6 Å². The fraction of sp³-hybridized carbons (Fsp3) is 0.900. The van der Waals surface area contributed by atoms with Crippen LogP contribution in [-0.4, -0.2) is 42.7 Å². The summed E-state index contributed by atoms with van der Waals surface area (Å²) < 4.78 is 12.8. The molecule has 0 bridgehead atoms. The maximum absolute atomic E-state index is 12.8. The molecule has 80 valence electrons. The van der Waals surface area contributed by atoms with E-state index in [1.807, 2.05) is 0 Å². The Kier molecular flexibility index (Phi) is 3.01. The standard InChI is InChI=1S/C10H17FN2O/c11-8-3-6-13(7-4-8)10(14)9-2-1-5-12-9/h8-9,12H,1-7H2. The van der Waals surface area contributed by atoms with Crippen LogP contribution in [-0.2, 0) is 4.79 Å². The van der Waals surface area contributed by atoms with Crippen molar-refractivity contribution in [3.05, 3.63) is 0 Å². The zero-order valence-electron chi connectivity index (χ0n) is 8.34. The van der Waals surface area contributed by atoms with Crippen LogP contribution in [0.1, 0.15) is 25.7 Å².